The number of hydrogen-bond acceptors (Lipinski definition) is 4. The quantitative estimate of drug-likeness (QED) is 0.517. The third-order valence-electron chi connectivity index (χ3n) is 5.89. The first-order valence-corrected chi connectivity index (χ1v) is 10.6. The Labute approximate surface area is 191 Å². The molecule has 0 saturated carbocycles. The summed E-state index contributed by atoms with van der Waals surface area (Å²) < 4.78 is 5.48. The Kier molecular flexibility index (Phi) is 6.13. The van der Waals surface area contributed by atoms with Crippen LogP contribution in [0.2, 0.25) is 0 Å². The number of amides is 2. The molecule has 3 aromatic rings. The van der Waals surface area contributed by atoms with Crippen LogP contribution in [-0.4, -0.2) is 35.7 Å². The summed E-state index contributed by atoms with van der Waals surface area (Å²) >= 11 is 0. The summed E-state index contributed by atoms with van der Waals surface area (Å²) in [4.78, 5) is 36.2. The average molecular weight is 444 g/mol. The van der Waals surface area contributed by atoms with Gasteiger partial charge in [-0.25, -0.2) is 9.59 Å². The number of fused-ring (bicyclic) bond motifs is 3. The van der Waals surface area contributed by atoms with Crippen LogP contribution in [0, 0.1) is 6.92 Å². The normalized spacial score (nSPS) is 12.9. The molecular formula is C26H24N2O5. The smallest absolute Gasteiger partial charge is 0.407 e. The van der Waals surface area contributed by atoms with Crippen LogP contribution in [0.4, 0.5) is 10.5 Å². The number of anilines is 1. The van der Waals surface area contributed by atoms with E-state index in [-0.39, 0.29) is 18.1 Å². The van der Waals surface area contributed by atoms with E-state index >= 15 is 0 Å². The first-order valence-electron chi connectivity index (χ1n) is 10.6. The van der Waals surface area contributed by atoms with Crippen LogP contribution in [0.3, 0.4) is 0 Å². The summed E-state index contributed by atoms with van der Waals surface area (Å²) in [5, 5.41) is 14.4. The van der Waals surface area contributed by atoms with E-state index in [1.807, 2.05) is 36.4 Å². The lowest BCUT2D eigenvalue weighted by molar-refractivity contribution is -0.117. The van der Waals surface area contributed by atoms with Gasteiger partial charge in [0.2, 0.25) is 5.91 Å². The van der Waals surface area contributed by atoms with Gasteiger partial charge in [0.15, 0.2) is 0 Å². The molecule has 33 heavy (non-hydrogen) atoms. The van der Waals surface area contributed by atoms with Crippen molar-refractivity contribution in [3.05, 3.63) is 89.0 Å². The summed E-state index contributed by atoms with van der Waals surface area (Å²) in [6, 6.07) is 19.8. The van der Waals surface area contributed by atoms with E-state index in [0.717, 1.165) is 22.3 Å². The maximum absolute atomic E-state index is 12.5. The van der Waals surface area contributed by atoms with Crippen LogP contribution < -0.4 is 10.6 Å². The molecule has 3 aromatic carbocycles. The van der Waals surface area contributed by atoms with Crippen LogP contribution in [0.1, 0.15) is 39.9 Å². The first-order chi connectivity index (χ1) is 15.9. The number of rotatable bonds is 6. The third-order valence-corrected chi connectivity index (χ3v) is 5.89. The number of carboxylic acid groups (broad SMARTS) is 1. The Morgan fingerprint density at radius 3 is 2.15 bits per heavy atom. The minimum Gasteiger partial charge on any atom is -0.478 e. The van der Waals surface area contributed by atoms with E-state index in [1.54, 1.807) is 19.1 Å². The Bertz CT molecular complexity index is 1190. The van der Waals surface area contributed by atoms with Crippen molar-refractivity contribution in [1.82, 2.24) is 5.32 Å². The number of carboxylic acids is 1. The molecule has 7 heteroatoms. The highest BCUT2D eigenvalue weighted by molar-refractivity contribution is 5.99. The summed E-state index contributed by atoms with van der Waals surface area (Å²) in [7, 11) is 0. The fourth-order valence-electron chi connectivity index (χ4n) is 4.13. The molecule has 0 radical (unpaired) electrons. The molecule has 0 spiro atoms. The predicted molar refractivity (Wildman–Crippen MR) is 124 cm³/mol. The van der Waals surface area contributed by atoms with Crippen LogP contribution in [-0.2, 0) is 9.53 Å². The van der Waals surface area contributed by atoms with Gasteiger partial charge >= 0.3 is 12.1 Å². The maximum atomic E-state index is 12.5. The standard InChI is InChI=1S/C26H24N2O5/c1-15-17(25(30)31)12-7-13-23(15)28-24(29)16(2)27-26(32)33-14-22-20-10-5-3-8-18(20)19-9-4-6-11-21(19)22/h3-13,16,22H,14H2,1-2H3,(H,27,32)(H,28,29)(H,30,31). The fourth-order valence-corrected chi connectivity index (χ4v) is 4.13. The minimum absolute atomic E-state index is 0.0753. The highest BCUT2D eigenvalue weighted by Crippen LogP contribution is 2.44. The number of hydrogen-bond donors (Lipinski definition) is 3. The zero-order valence-electron chi connectivity index (χ0n) is 18.3. The molecule has 168 valence electrons. The lowest BCUT2D eigenvalue weighted by Crippen LogP contribution is -2.42. The van der Waals surface area contributed by atoms with Crippen LogP contribution in [0.25, 0.3) is 11.1 Å². The molecule has 0 saturated heterocycles. The van der Waals surface area contributed by atoms with Gasteiger partial charge in [0.1, 0.15) is 12.6 Å². The van der Waals surface area contributed by atoms with Gasteiger partial charge in [-0.15, -0.1) is 0 Å². The summed E-state index contributed by atoms with van der Waals surface area (Å²) in [5.74, 6) is -1.63. The van der Waals surface area contributed by atoms with E-state index in [2.05, 4.69) is 22.8 Å². The largest absolute Gasteiger partial charge is 0.478 e. The number of benzene rings is 3. The number of carbonyl (C=O) groups excluding carboxylic acids is 2. The lowest BCUT2D eigenvalue weighted by atomic mass is 9.98. The molecule has 0 bridgehead atoms. The number of aromatic carboxylic acids is 1. The van der Waals surface area contributed by atoms with Gasteiger partial charge in [-0.3, -0.25) is 4.79 Å². The molecule has 0 aromatic heterocycles. The van der Waals surface area contributed by atoms with Crippen molar-refractivity contribution >= 4 is 23.7 Å². The number of alkyl carbamates (subject to hydrolysis) is 1. The highest BCUT2D eigenvalue weighted by Gasteiger charge is 2.29. The Hall–Kier alpha value is -4.13. The summed E-state index contributed by atoms with van der Waals surface area (Å²) in [6.07, 6.45) is -0.699. The van der Waals surface area contributed by atoms with E-state index in [4.69, 9.17) is 4.74 Å². The number of carbonyl (C=O) groups is 3. The fraction of sp³-hybridized carbons (Fsp3) is 0.192. The van der Waals surface area contributed by atoms with Crippen LogP contribution in [0.15, 0.2) is 66.7 Å². The Balaban J connectivity index is 1.37. The highest BCUT2D eigenvalue weighted by atomic mass is 16.5. The van der Waals surface area contributed by atoms with E-state index in [0.29, 0.717) is 11.3 Å². The number of ether oxygens (including phenoxy) is 1. The van der Waals surface area contributed by atoms with Crippen molar-refractivity contribution in [2.24, 2.45) is 0 Å². The van der Waals surface area contributed by atoms with Gasteiger partial charge in [0.25, 0.3) is 0 Å². The molecule has 2 amide bonds. The topological polar surface area (TPSA) is 105 Å². The van der Waals surface area contributed by atoms with Gasteiger partial charge in [0.05, 0.1) is 5.56 Å². The molecule has 0 aliphatic heterocycles. The van der Waals surface area contributed by atoms with Crippen molar-refractivity contribution in [2.45, 2.75) is 25.8 Å². The molecule has 1 aliphatic rings. The summed E-state index contributed by atoms with van der Waals surface area (Å²) in [6.45, 7) is 3.30. The van der Waals surface area contributed by atoms with Crippen molar-refractivity contribution in [1.29, 1.82) is 0 Å². The van der Waals surface area contributed by atoms with Crippen LogP contribution in [0.5, 0.6) is 0 Å². The van der Waals surface area contributed by atoms with Crippen molar-refractivity contribution in [3.8, 4) is 11.1 Å². The zero-order chi connectivity index (χ0) is 23.5. The Morgan fingerprint density at radius 2 is 1.55 bits per heavy atom. The SMILES string of the molecule is Cc1c(NC(=O)C(C)NC(=O)OCC2c3ccccc3-c3ccccc32)cccc1C(=O)O. The second kappa shape index (κ2) is 9.16. The first kappa shape index (κ1) is 22.1. The van der Waals surface area contributed by atoms with Gasteiger partial charge in [-0.2, -0.15) is 0 Å². The maximum Gasteiger partial charge on any atom is 0.407 e. The average Bonchev–Trinajstić information content (AvgIpc) is 3.12. The van der Waals surface area contributed by atoms with Crippen molar-refractivity contribution < 1.29 is 24.2 Å². The van der Waals surface area contributed by atoms with Crippen LogP contribution >= 0.6 is 0 Å². The van der Waals surface area contributed by atoms with E-state index in [1.165, 1.54) is 13.0 Å². The molecule has 0 heterocycles. The molecule has 7 nitrogen and oxygen atoms in total. The molecule has 3 N–H and O–H groups in total. The van der Waals surface area contributed by atoms with Gasteiger partial charge in [0, 0.05) is 11.6 Å². The number of nitrogens with one attached hydrogen (secondary N) is 2. The predicted octanol–water partition coefficient (Wildman–Crippen LogP) is 4.56. The molecule has 4 rings (SSSR count). The summed E-state index contributed by atoms with van der Waals surface area (Å²) in [5.41, 5.74) is 5.39. The van der Waals surface area contributed by atoms with Crippen molar-refractivity contribution in [2.75, 3.05) is 11.9 Å². The molecular weight excluding hydrogens is 420 g/mol. The second-order valence-electron chi connectivity index (χ2n) is 7.96. The third kappa shape index (κ3) is 4.43. The Morgan fingerprint density at radius 1 is 0.939 bits per heavy atom. The molecule has 1 aliphatic carbocycles. The van der Waals surface area contributed by atoms with Gasteiger partial charge in [-0.05, 0) is 53.8 Å². The molecule has 1 atom stereocenters. The zero-order valence-corrected chi connectivity index (χ0v) is 18.3. The van der Waals surface area contributed by atoms with Gasteiger partial charge < -0.3 is 20.5 Å². The van der Waals surface area contributed by atoms with E-state index in [9.17, 15) is 19.5 Å². The van der Waals surface area contributed by atoms with Crippen molar-refractivity contribution in [3.63, 3.8) is 0 Å². The monoisotopic (exact) mass is 444 g/mol. The van der Waals surface area contributed by atoms with Gasteiger partial charge in [-0.1, -0.05) is 54.6 Å². The molecule has 1 unspecified atom stereocenters. The van der Waals surface area contributed by atoms with E-state index < -0.39 is 24.0 Å². The second-order valence-corrected chi connectivity index (χ2v) is 7.96. The minimum atomic E-state index is -1.08. The molecule has 0 fully saturated rings. The lowest BCUT2D eigenvalue weighted by Gasteiger charge is -2.18.